The number of hydrogen-bond acceptors (Lipinski definition) is 2. The van der Waals surface area contributed by atoms with E-state index in [1.54, 1.807) is 6.26 Å². The molecule has 0 saturated heterocycles. The maximum Gasteiger partial charge on any atom is 0.161 e. The van der Waals surface area contributed by atoms with Crippen LogP contribution in [0.25, 0.3) is 0 Å². The molecule has 1 saturated carbocycles. The van der Waals surface area contributed by atoms with Gasteiger partial charge in [-0.15, -0.1) is 0 Å². The Balaban J connectivity index is 2.68. The molecule has 1 rings (SSSR count). The number of ether oxygens (including phenoxy) is 1. The van der Waals surface area contributed by atoms with Crippen LogP contribution in [0.5, 0.6) is 0 Å². The van der Waals surface area contributed by atoms with E-state index < -0.39 is 0 Å². The number of Topliss-reactive ketones (excluding diaryl/α,β-unsaturated/α-hetero) is 1. The van der Waals surface area contributed by atoms with Gasteiger partial charge in [-0.25, -0.2) is 0 Å². The first-order chi connectivity index (χ1) is 6.95. The van der Waals surface area contributed by atoms with Gasteiger partial charge in [-0.1, -0.05) is 20.8 Å². The number of allylic oxidation sites excluding steroid dienone is 1. The standard InChI is InChI=1S/C13H22O2/c1-5-15-9-10-8-11(13(2,3)4)6-7-12(10)14/h9,11H,5-8H2,1-4H3/b10-9+. The third-order valence-corrected chi connectivity index (χ3v) is 3.16. The zero-order valence-corrected chi connectivity index (χ0v) is 10.3. The lowest BCUT2D eigenvalue weighted by Crippen LogP contribution is -2.27. The van der Waals surface area contributed by atoms with E-state index in [0.29, 0.717) is 18.9 Å². The summed E-state index contributed by atoms with van der Waals surface area (Å²) in [6.07, 6.45) is 4.25. The molecular formula is C13H22O2. The first kappa shape index (κ1) is 12.3. The van der Waals surface area contributed by atoms with Gasteiger partial charge in [-0.2, -0.15) is 0 Å². The fourth-order valence-corrected chi connectivity index (χ4v) is 1.98. The van der Waals surface area contributed by atoms with Crippen LogP contribution in [0.3, 0.4) is 0 Å². The summed E-state index contributed by atoms with van der Waals surface area (Å²) in [5.41, 5.74) is 1.16. The van der Waals surface area contributed by atoms with Gasteiger partial charge in [0.1, 0.15) is 0 Å². The van der Waals surface area contributed by atoms with E-state index in [4.69, 9.17) is 4.74 Å². The maximum atomic E-state index is 11.6. The predicted molar refractivity (Wildman–Crippen MR) is 61.5 cm³/mol. The van der Waals surface area contributed by atoms with Gasteiger partial charge in [0.25, 0.3) is 0 Å². The molecule has 2 nitrogen and oxygen atoms in total. The molecule has 1 aliphatic carbocycles. The minimum absolute atomic E-state index is 0.268. The van der Waals surface area contributed by atoms with Crippen molar-refractivity contribution in [3.05, 3.63) is 11.8 Å². The summed E-state index contributed by atoms with van der Waals surface area (Å²) in [4.78, 5) is 11.6. The van der Waals surface area contributed by atoms with Crippen LogP contribution in [0.15, 0.2) is 11.8 Å². The third-order valence-electron chi connectivity index (χ3n) is 3.16. The maximum absolute atomic E-state index is 11.6. The molecule has 0 N–H and O–H groups in total. The lowest BCUT2D eigenvalue weighted by Gasteiger charge is -2.34. The van der Waals surface area contributed by atoms with Gasteiger partial charge < -0.3 is 4.74 Å². The van der Waals surface area contributed by atoms with E-state index in [1.807, 2.05) is 6.92 Å². The zero-order chi connectivity index (χ0) is 11.5. The van der Waals surface area contributed by atoms with Gasteiger partial charge in [-0.05, 0) is 31.1 Å². The quantitative estimate of drug-likeness (QED) is 0.516. The van der Waals surface area contributed by atoms with Crippen LogP contribution in [0, 0.1) is 11.3 Å². The molecule has 1 unspecified atom stereocenters. The number of carbonyl (C=O) groups excluding carboxylic acids is 1. The second-order valence-corrected chi connectivity index (χ2v) is 5.33. The van der Waals surface area contributed by atoms with Gasteiger partial charge in [-0.3, -0.25) is 4.79 Å². The third kappa shape index (κ3) is 3.37. The molecule has 0 aromatic rings. The molecular weight excluding hydrogens is 188 g/mol. The van der Waals surface area contributed by atoms with E-state index in [2.05, 4.69) is 20.8 Å². The fraction of sp³-hybridized carbons (Fsp3) is 0.769. The van der Waals surface area contributed by atoms with Gasteiger partial charge in [0.2, 0.25) is 0 Å². The normalized spacial score (nSPS) is 25.7. The highest BCUT2D eigenvalue weighted by Gasteiger charge is 2.31. The summed E-state index contributed by atoms with van der Waals surface area (Å²) in [5.74, 6) is 0.867. The topological polar surface area (TPSA) is 26.3 Å². The molecule has 2 heteroatoms. The minimum Gasteiger partial charge on any atom is -0.501 e. The molecule has 1 fully saturated rings. The highest BCUT2D eigenvalue weighted by atomic mass is 16.5. The summed E-state index contributed by atoms with van der Waals surface area (Å²) >= 11 is 0. The smallest absolute Gasteiger partial charge is 0.161 e. The van der Waals surface area contributed by atoms with Crippen LogP contribution >= 0.6 is 0 Å². The number of rotatable bonds is 2. The number of hydrogen-bond donors (Lipinski definition) is 0. The van der Waals surface area contributed by atoms with Crippen molar-refractivity contribution >= 4 is 5.78 Å². The molecule has 0 radical (unpaired) electrons. The Morgan fingerprint density at radius 2 is 2.13 bits per heavy atom. The average molecular weight is 210 g/mol. The molecule has 0 aromatic heterocycles. The van der Waals surface area contributed by atoms with E-state index in [0.717, 1.165) is 18.4 Å². The molecule has 0 amide bonds. The Hall–Kier alpha value is -0.790. The number of ketones is 1. The molecule has 15 heavy (non-hydrogen) atoms. The van der Waals surface area contributed by atoms with Crippen molar-refractivity contribution in [2.24, 2.45) is 11.3 Å². The van der Waals surface area contributed by atoms with Crippen LogP contribution in [0.1, 0.15) is 47.0 Å². The molecule has 0 spiro atoms. The minimum atomic E-state index is 0.268. The van der Waals surface area contributed by atoms with Crippen molar-refractivity contribution in [2.45, 2.75) is 47.0 Å². The first-order valence-corrected chi connectivity index (χ1v) is 5.79. The van der Waals surface area contributed by atoms with Crippen molar-refractivity contribution in [2.75, 3.05) is 6.61 Å². The summed E-state index contributed by atoms with van der Waals surface area (Å²) < 4.78 is 5.22. The molecule has 0 bridgehead atoms. The zero-order valence-electron chi connectivity index (χ0n) is 10.3. The second-order valence-electron chi connectivity index (χ2n) is 5.33. The van der Waals surface area contributed by atoms with Gasteiger partial charge in [0, 0.05) is 12.0 Å². The highest BCUT2D eigenvalue weighted by molar-refractivity contribution is 5.95. The van der Waals surface area contributed by atoms with Crippen molar-refractivity contribution in [1.29, 1.82) is 0 Å². The molecule has 1 aliphatic rings. The predicted octanol–water partition coefficient (Wildman–Crippen LogP) is 3.32. The highest BCUT2D eigenvalue weighted by Crippen LogP contribution is 2.38. The molecule has 1 atom stereocenters. The lowest BCUT2D eigenvalue weighted by molar-refractivity contribution is -0.117. The molecule has 0 aromatic carbocycles. The van der Waals surface area contributed by atoms with Gasteiger partial charge >= 0.3 is 0 Å². The Morgan fingerprint density at radius 1 is 1.47 bits per heavy atom. The van der Waals surface area contributed by atoms with Crippen LogP contribution in [0.4, 0.5) is 0 Å². The summed E-state index contributed by atoms with van der Waals surface area (Å²) in [7, 11) is 0. The largest absolute Gasteiger partial charge is 0.501 e. The van der Waals surface area contributed by atoms with E-state index >= 15 is 0 Å². The van der Waals surface area contributed by atoms with E-state index in [-0.39, 0.29) is 11.2 Å². The van der Waals surface area contributed by atoms with Crippen LogP contribution in [0.2, 0.25) is 0 Å². The lowest BCUT2D eigenvalue weighted by atomic mass is 9.71. The molecule has 86 valence electrons. The van der Waals surface area contributed by atoms with E-state index in [1.165, 1.54) is 0 Å². The van der Waals surface area contributed by atoms with Crippen LogP contribution in [-0.4, -0.2) is 12.4 Å². The summed E-state index contributed by atoms with van der Waals surface area (Å²) in [6.45, 7) is 9.30. The van der Waals surface area contributed by atoms with Gasteiger partial charge in [0.15, 0.2) is 5.78 Å². The first-order valence-electron chi connectivity index (χ1n) is 5.79. The average Bonchev–Trinajstić information content (AvgIpc) is 2.15. The Labute approximate surface area is 92.7 Å². The molecule has 0 aliphatic heterocycles. The van der Waals surface area contributed by atoms with Crippen LogP contribution in [-0.2, 0) is 9.53 Å². The van der Waals surface area contributed by atoms with E-state index in [9.17, 15) is 4.79 Å². The van der Waals surface area contributed by atoms with Crippen LogP contribution < -0.4 is 0 Å². The Morgan fingerprint density at radius 3 is 2.67 bits per heavy atom. The van der Waals surface area contributed by atoms with Crippen molar-refractivity contribution in [3.8, 4) is 0 Å². The molecule has 0 heterocycles. The Bertz CT molecular complexity index is 258. The van der Waals surface area contributed by atoms with Crippen molar-refractivity contribution in [1.82, 2.24) is 0 Å². The van der Waals surface area contributed by atoms with Crippen molar-refractivity contribution < 1.29 is 9.53 Å². The summed E-state index contributed by atoms with van der Waals surface area (Å²) in [5, 5.41) is 0. The summed E-state index contributed by atoms with van der Waals surface area (Å²) in [6, 6.07) is 0. The Kier molecular flexibility index (Phi) is 3.95. The monoisotopic (exact) mass is 210 g/mol. The number of carbonyl (C=O) groups is 1. The fourth-order valence-electron chi connectivity index (χ4n) is 1.98. The SMILES string of the molecule is CCO/C=C1\CC(C(C)(C)C)CCC1=O. The van der Waals surface area contributed by atoms with Gasteiger partial charge in [0.05, 0.1) is 12.9 Å². The second kappa shape index (κ2) is 4.82. The van der Waals surface area contributed by atoms with Crippen molar-refractivity contribution in [3.63, 3.8) is 0 Å².